The van der Waals surface area contributed by atoms with Crippen LogP contribution in [0.4, 0.5) is 0 Å². The molecule has 0 N–H and O–H groups in total. The number of benzene rings is 3. The first-order valence-electron chi connectivity index (χ1n) is 15.1. The second-order valence-electron chi connectivity index (χ2n) is 10.9. The largest absolute Gasteiger partial charge is 0.497 e. The predicted molar refractivity (Wildman–Crippen MR) is 181 cm³/mol. The summed E-state index contributed by atoms with van der Waals surface area (Å²) in [6, 6.07) is 25.2. The molecule has 9 nitrogen and oxygen atoms in total. The van der Waals surface area contributed by atoms with Gasteiger partial charge in [-0.15, -0.1) is 0 Å². The van der Waals surface area contributed by atoms with Crippen LogP contribution in [0.5, 0.6) is 5.75 Å². The number of esters is 2. The van der Waals surface area contributed by atoms with E-state index in [4.69, 9.17) is 19.2 Å². The number of fused-ring (bicyclic) bond motifs is 1. The first kappa shape index (κ1) is 31.5. The Labute approximate surface area is 275 Å². The smallest absolute Gasteiger partial charge is 0.338 e. The Balaban J connectivity index is 1.57. The van der Waals surface area contributed by atoms with E-state index in [9.17, 15) is 14.4 Å². The molecule has 1 aliphatic rings. The van der Waals surface area contributed by atoms with E-state index in [0.29, 0.717) is 31.9 Å². The number of aryl methyl sites for hydroxylation is 1. The van der Waals surface area contributed by atoms with Gasteiger partial charge in [-0.05, 0) is 74.4 Å². The Morgan fingerprint density at radius 1 is 0.936 bits per heavy atom. The summed E-state index contributed by atoms with van der Waals surface area (Å²) < 4.78 is 19.9. The SMILES string of the molecule is CCOC(=O)C1=C(c2ccccc2)N=c2s/c(=C/c3cc(C)n(-c4cccc(C(=O)OC)c4)c3C)c(=O)n2[C@H]1c1ccc(OC)cc1. The topological polar surface area (TPSA) is 101 Å². The summed E-state index contributed by atoms with van der Waals surface area (Å²) in [5.74, 6) is -0.305. The van der Waals surface area contributed by atoms with Crippen LogP contribution in [0.25, 0.3) is 17.5 Å². The van der Waals surface area contributed by atoms with Crippen LogP contribution in [0.2, 0.25) is 0 Å². The number of hydrogen-bond acceptors (Lipinski definition) is 8. The highest BCUT2D eigenvalue weighted by atomic mass is 32.1. The average Bonchev–Trinajstić information content (AvgIpc) is 3.56. The molecule has 2 aromatic heterocycles. The Hall–Kier alpha value is -5.48. The fourth-order valence-corrected chi connectivity index (χ4v) is 6.90. The summed E-state index contributed by atoms with van der Waals surface area (Å²) in [6.07, 6.45) is 1.86. The first-order valence-corrected chi connectivity index (χ1v) is 15.9. The lowest BCUT2D eigenvalue weighted by Gasteiger charge is -2.26. The molecule has 0 saturated heterocycles. The van der Waals surface area contributed by atoms with Crippen LogP contribution in [-0.2, 0) is 14.3 Å². The molecule has 3 aromatic carbocycles. The zero-order chi connectivity index (χ0) is 33.2. The van der Waals surface area contributed by atoms with Gasteiger partial charge in [-0.1, -0.05) is 59.9 Å². The van der Waals surface area contributed by atoms with E-state index in [0.717, 1.165) is 28.2 Å². The Bertz CT molecular complexity index is 2210. The molecule has 0 unspecified atom stereocenters. The molecular weight excluding hydrogens is 614 g/mol. The van der Waals surface area contributed by atoms with Gasteiger partial charge in [0.05, 0.1) is 48.2 Å². The van der Waals surface area contributed by atoms with E-state index in [1.165, 1.54) is 18.4 Å². The van der Waals surface area contributed by atoms with E-state index in [1.54, 1.807) is 42.9 Å². The maximum absolute atomic E-state index is 14.3. The van der Waals surface area contributed by atoms with Crippen molar-refractivity contribution in [2.75, 3.05) is 20.8 Å². The minimum Gasteiger partial charge on any atom is -0.497 e. The molecule has 0 spiro atoms. The Morgan fingerprint density at radius 2 is 1.68 bits per heavy atom. The molecule has 3 heterocycles. The molecule has 0 bridgehead atoms. The maximum Gasteiger partial charge on any atom is 0.338 e. The summed E-state index contributed by atoms with van der Waals surface area (Å²) in [7, 11) is 2.94. The van der Waals surface area contributed by atoms with Gasteiger partial charge in [-0.3, -0.25) is 9.36 Å². The molecule has 0 fully saturated rings. The molecule has 5 aromatic rings. The van der Waals surface area contributed by atoms with Gasteiger partial charge in [0, 0.05) is 22.6 Å². The Morgan fingerprint density at radius 3 is 2.36 bits per heavy atom. The van der Waals surface area contributed by atoms with E-state index in [2.05, 4.69) is 0 Å². The van der Waals surface area contributed by atoms with Crippen molar-refractivity contribution in [2.24, 2.45) is 4.99 Å². The third kappa shape index (κ3) is 5.83. The predicted octanol–water partition coefficient (Wildman–Crippen LogP) is 5.14. The minimum absolute atomic E-state index is 0.169. The second-order valence-corrected chi connectivity index (χ2v) is 11.9. The standard InChI is InChI=1S/C37H33N3O6S/c1-6-46-36(43)31-32(24-11-8-7-9-12-24)38-37-40(33(31)25-15-17-29(44-4)18-16-25)34(41)30(47-37)21-27-19-22(2)39(23(27)3)28-14-10-13-26(20-28)35(42)45-5/h7-21,33H,6H2,1-5H3/b30-21+/t33-/m0/s1. The number of carbonyl (C=O) groups excluding carboxylic acids is 2. The third-order valence-corrected chi connectivity index (χ3v) is 9.07. The van der Waals surface area contributed by atoms with E-state index in [-0.39, 0.29) is 17.7 Å². The summed E-state index contributed by atoms with van der Waals surface area (Å²) in [6.45, 7) is 5.86. The Kier molecular flexibility index (Phi) is 8.78. The molecule has 238 valence electrons. The van der Waals surface area contributed by atoms with Gasteiger partial charge in [0.2, 0.25) is 0 Å². The fourth-order valence-electron chi connectivity index (χ4n) is 5.90. The molecule has 0 saturated carbocycles. The number of carbonyl (C=O) groups is 2. The van der Waals surface area contributed by atoms with Crippen molar-refractivity contribution >= 4 is 35.0 Å². The van der Waals surface area contributed by atoms with Crippen molar-refractivity contribution < 1.29 is 23.8 Å². The molecule has 0 radical (unpaired) electrons. The van der Waals surface area contributed by atoms with Gasteiger partial charge < -0.3 is 18.8 Å². The van der Waals surface area contributed by atoms with Crippen LogP contribution in [0.3, 0.4) is 0 Å². The molecular formula is C37H33N3O6S. The summed E-state index contributed by atoms with van der Waals surface area (Å²) in [5.41, 5.74) is 5.82. The van der Waals surface area contributed by atoms with Gasteiger partial charge in [0.15, 0.2) is 4.80 Å². The summed E-state index contributed by atoms with van der Waals surface area (Å²) in [5, 5.41) is 0. The zero-order valence-corrected chi connectivity index (χ0v) is 27.5. The molecule has 0 amide bonds. The number of rotatable bonds is 8. The number of aromatic nitrogens is 2. The average molecular weight is 648 g/mol. The molecule has 0 aliphatic carbocycles. The number of ether oxygens (including phenoxy) is 3. The quantitative estimate of drug-likeness (QED) is 0.216. The van der Waals surface area contributed by atoms with Crippen molar-refractivity contribution in [1.82, 2.24) is 9.13 Å². The van der Waals surface area contributed by atoms with Gasteiger partial charge in [0.1, 0.15) is 5.75 Å². The third-order valence-electron chi connectivity index (χ3n) is 8.09. The zero-order valence-electron chi connectivity index (χ0n) is 26.6. The normalized spacial score (nSPS) is 14.4. The molecule has 1 atom stereocenters. The van der Waals surface area contributed by atoms with Crippen molar-refractivity contribution in [3.05, 3.63) is 144 Å². The molecule has 6 rings (SSSR count). The lowest BCUT2D eigenvalue weighted by Crippen LogP contribution is -2.40. The summed E-state index contributed by atoms with van der Waals surface area (Å²) >= 11 is 1.26. The monoisotopic (exact) mass is 647 g/mol. The number of methoxy groups -OCH3 is 2. The number of nitrogens with zero attached hydrogens (tertiary/aromatic N) is 3. The maximum atomic E-state index is 14.3. The summed E-state index contributed by atoms with van der Waals surface area (Å²) in [4.78, 5) is 45.6. The number of hydrogen-bond donors (Lipinski definition) is 0. The van der Waals surface area contributed by atoms with Crippen molar-refractivity contribution in [3.63, 3.8) is 0 Å². The highest BCUT2D eigenvalue weighted by molar-refractivity contribution is 7.07. The van der Waals surface area contributed by atoms with Crippen LogP contribution in [-0.4, -0.2) is 41.9 Å². The molecule has 1 aliphatic heterocycles. The molecule has 10 heteroatoms. The number of thiazole rings is 1. The first-order chi connectivity index (χ1) is 22.7. The highest BCUT2D eigenvalue weighted by Gasteiger charge is 2.35. The van der Waals surface area contributed by atoms with E-state index < -0.39 is 18.0 Å². The van der Waals surface area contributed by atoms with Crippen LogP contribution in [0.15, 0.2) is 100 Å². The lowest BCUT2D eigenvalue weighted by atomic mass is 9.93. The minimum atomic E-state index is -0.790. The fraction of sp³-hybridized carbons (Fsp3) is 0.189. The van der Waals surface area contributed by atoms with E-state index >= 15 is 0 Å². The van der Waals surface area contributed by atoms with Crippen LogP contribution in [0, 0.1) is 13.8 Å². The van der Waals surface area contributed by atoms with Crippen molar-refractivity contribution in [3.8, 4) is 11.4 Å². The van der Waals surface area contributed by atoms with Crippen molar-refractivity contribution in [2.45, 2.75) is 26.8 Å². The lowest BCUT2D eigenvalue weighted by molar-refractivity contribution is -0.138. The van der Waals surface area contributed by atoms with Gasteiger partial charge in [-0.2, -0.15) is 0 Å². The van der Waals surface area contributed by atoms with Gasteiger partial charge in [0.25, 0.3) is 5.56 Å². The van der Waals surface area contributed by atoms with E-state index in [1.807, 2.05) is 85.2 Å². The highest BCUT2D eigenvalue weighted by Crippen LogP contribution is 2.35. The van der Waals surface area contributed by atoms with Gasteiger partial charge >= 0.3 is 11.9 Å². The van der Waals surface area contributed by atoms with Crippen LogP contribution < -0.4 is 19.6 Å². The second kappa shape index (κ2) is 13.1. The van der Waals surface area contributed by atoms with Crippen LogP contribution in [0.1, 0.15) is 51.4 Å². The molecule has 47 heavy (non-hydrogen) atoms. The van der Waals surface area contributed by atoms with Gasteiger partial charge in [-0.25, -0.2) is 14.6 Å². The van der Waals surface area contributed by atoms with Crippen LogP contribution >= 0.6 is 11.3 Å². The van der Waals surface area contributed by atoms with Crippen molar-refractivity contribution in [1.29, 1.82) is 0 Å².